The number of nitrogens with zero attached hydrogens (tertiary/aromatic N) is 2. The third kappa shape index (κ3) is 3.25. The number of nitrogens with one attached hydrogen (secondary N) is 2. The predicted molar refractivity (Wildman–Crippen MR) is 68.9 cm³/mol. The largest absolute Gasteiger partial charge is 0.360 e. The van der Waals surface area contributed by atoms with Crippen molar-refractivity contribution in [3.8, 4) is 0 Å². The number of aromatic amines is 1. The van der Waals surface area contributed by atoms with Gasteiger partial charge in [0.1, 0.15) is 0 Å². The fourth-order valence-electron chi connectivity index (χ4n) is 1.41. The second kappa shape index (κ2) is 5.58. The molecule has 2 N–H and O–H groups in total. The van der Waals surface area contributed by atoms with Crippen LogP contribution in [0, 0.1) is 10.1 Å². The highest BCUT2D eigenvalue weighted by Crippen LogP contribution is 2.12. The van der Waals surface area contributed by atoms with Crippen LogP contribution in [0.5, 0.6) is 0 Å². The lowest BCUT2D eigenvalue weighted by Crippen LogP contribution is -2.17. The number of hydrogen-bond donors (Lipinski definition) is 2. The van der Waals surface area contributed by atoms with Gasteiger partial charge in [-0.25, -0.2) is 5.43 Å². The van der Waals surface area contributed by atoms with Crippen molar-refractivity contribution in [2.75, 3.05) is 0 Å². The summed E-state index contributed by atoms with van der Waals surface area (Å²) in [5.74, 6) is -0.508. The maximum absolute atomic E-state index is 11.7. The summed E-state index contributed by atoms with van der Waals surface area (Å²) in [7, 11) is 0. The second-order valence-corrected chi connectivity index (χ2v) is 3.63. The van der Waals surface area contributed by atoms with Crippen molar-refractivity contribution in [2.24, 2.45) is 5.10 Å². The van der Waals surface area contributed by atoms with Crippen LogP contribution in [0.2, 0.25) is 0 Å². The lowest BCUT2D eigenvalue weighted by molar-refractivity contribution is -0.384. The molecular weight excluding hydrogens is 248 g/mol. The highest BCUT2D eigenvalue weighted by molar-refractivity contribution is 5.95. The van der Waals surface area contributed by atoms with Crippen LogP contribution in [0.4, 0.5) is 5.69 Å². The van der Waals surface area contributed by atoms with Crippen LogP contribution in [-0.4, -0.2) is 22.0 Å². The van der Waals surface area contributed by atoms with Crippen molar-refractivity contribution in [3.63, 3.8) is 0 Å². The Hall–Kier alpha value is -2.96. The van der Waals surface area contributed by atoms with Gasteiger partial charge in [-0.1, -0.05) is 6.07 Å². The van der Waals surface area contributed by atoms with Crippen molar-refractivity contribution < 1.29 is 9.72 Å². The van der Waals surface area contributed by atoms with Crippen molar-refractivity contribution in [1.29, 1.82) is 0 Å². The SMILES string of the molecule is O=C(N/N=C\c1ccc[nH]1)c1cccc([N+](=O)[O-])c1. The highest BCUT2D eigenvalue weighted by Gasteiger charge is 2.10. The zero-order chi connectivity index (χ0) is 13.7. The smallest absolute Gasteiger partial charge is 0.271 e. The minimum atomic E-state index is -0.557. The number of nitro groups is 1. The summed E-state index contributed by atoms with van der Waals surface area (Å²) in [6, 6.07) is 9.01. The predicted octanol–water partition coefficient (Wildman–Crippen LogP) is 1.69. The molecule has 0 saturated carbocycles. The molecule has 1 aromatic carbocycles. The van der Waals surface area contributed by atoms with Crippen LogP contribution in [0.25, 0.3) is 0 Å². The molecule has 7 heteroatoms. The van der Waals surface area contributed by atoms with E-state index in [1.807, 2.05) is 0 Å². The maximum Gasteiger partial charge on any atom is 0.271 e. The van der Waals surface area contributed by atoms with Crippen LogP contribution in [0.3, 0.4) is 0 Å². The Morgan fingerprint density at radius 3 is 2.89 bits per heavy atom. The molecule has 0 aliphatic rings. The van der Waals surface area contributed by atoms with Gasteiger partial charge < -0.3 is 4.98 Å². The Bertz CT molecular complexity index is 620. The molecule has 0 aliphatic heterocycles. The first kappa shape index (κ1) is 12.5. The molecule has 7 nitrogen and oxygen atoms in total. The van der Waals surface area contributed by atoms with E-state index in [1.165, 1.54) is 30.5 Å². The first-order valence-corrected chi connectivity index (χ1v) is 5.38. The third-order valence-electron chi connectivity index (χ3n) is 2.31. The molecule has 96 valence electrons. The van der Waals surface area contributed by atoms with Gasteiger partial charge >= 0.3 is 0 Å². The number of hydrogen-bond acceptors (Lipinski definition) is 4. The van der Waals surface area contributed by atoms with Gasteiger partial charge in [0.05, 0.1) is 16.8 Å². The van der Waals surface area contributed by atoms with Gasteiger partial charge in [-0.3, -0.25) is 14.9 Å². The zero-order valence-corrected chi connectivity index (χ0v) is 9.74. The number of carbonyl (C=O) groups is 1. The van der Waals surface area contributed by atoms with Crippen molar-refractivity contribution in [2.45, 2.75) is 0 Å². The molecule has 1 aromatic heterocycles. The quantitative estimate of drug-likeness (QED) is 0.495. The molecule has 0 atom stereocenters. The highest BCUT2D eigenvalue weighted by atomic mass is 16.6. The number of non-ortho nitro benzene ring substituents is 1. The summed E-state index contributed by atoms with van der Waals surface area (Å²) >= 11 is 0. The van der Waals surface area contributed by atoms with E-state index in [2.05, 4.69) is 15.5 Å². The van der Waals surface area contributed by atoms with Gasteiger partial charge in [0.15, 0.2) is 0 Å². The summed E-state index contributed by atoms with van der Waals surface area (Å²) < 4.78 is 0. The van der Waals surface area contributed by atoms with E-state index in [9.17, 15) is 14.9 Å². The molecule has 0 unspecified atom stereocenters. The standard InChI is InChI=1S/C12H10N4O3/c17-12(15-14-8-10-4-2-6-13-10)9-3-1-5-11(7-9)16(18)19/h1-8,13H,(H,15,17)/b14-8-. The Kier molecular flexibility index (Phi) is 3.67. The van der Waals surface area contributed by atoms with E-state index in [4.69, 9.17) is 0 Å². The summed E-state index contributed by atoms with van der Waals surface area (Å²) in [4.78, 5) is 24.6. The van der Waals surface area contributed by atoms with E-state index in [-0.39, 0.29) is 11.3 Å². The Morgan fingerprint density at radius 1 is 1.37 bits per heavy atom. The number of rotatable bonds is 4. The number of carbonyl (C=O) groups excluding carboxylic acids is 1. The molecule has 19 heavy (non-hydrogen) atoms. The average molecular weight is 258 g/mol. The number of amides is 1. The summed E-state index contributed by atoms with van der Waals surface area (Å²) in [5, 5.41) is 14.3. The van der Waals surface area contributed by atoms with Gasteiger partial charge in [-0.15, -0.1) is 0 Å². The second-order valence-electron chi connectivity index (χ2n) is 3.63. The van der Waals surface area contributed by atoms with Crippen molar-refractivity contribution in [3.05, 3.63) is 64.0 Å². The normalized spacial score (nSPS) is 10.5. The molecule has 0 fully saturated rings. The van der Waals surface area contributed by atoms with E-state index in [0.717, 1.165) is 5.69 Å². The van der Waals surface area contributed by atoms with Crippen LogP contribution < -0.4 is 5.43 Å². The van der Waals surface area contributed by atoms with Gasteiger partial charge in [0.25, 0.3) is 11.6 Å². The molecule has 1 heterocycles. The number of aromatic nitrogens is 1. The average Bonchev–Trinajstić information content (AvgIpc) is 2.92. The molecular formula is C12H10N4O3. The van der Waals surface area contributed by atoms with E-state index < -0.39 is 10.8 Å². The van der Waals surface area contributed by atoms with Crippen LogP contribution >= 0.6 is 0 Å². The molecule has 0 bridgehead atoms. The summed E-state index contributed by atoms with van der Waals surface area (Å²) in [5.41, 5.74) is 3.07. The van der Waals surface area contributed by atoms with E-state index in [0.29, 0.717) is 0 Å². The fourth-order valence-corrected chi connectivity index (χ4v) is 1.41. The molecule has 2 aromatic rings. The monoisotopic (exact) mass is 258 g/mol. The molecule has 0 aliphatic carbocycles. The van der Waals surface area contributed by atoms with Gasteiger partial charge in [-0.2, -0.15) is 5.10 Å². The zero-order valence-electron chi connectivity index (χ0n) is 9.74. The number of benzene rings is 1. The molecule has 0 radical (unpaired) electrons. The minimum absolute atomic E-state index is 0.138. The van der Waals surface area contributed by atoms with Crippen LogP contribution in [0.15, 0.2) is 47.7 Å². The van der Waals surface area contributed by atoms with Crippen LogP contribution in [-0.2, 0) is 0 Å². The maximum atomic E-state index is 11.7. The lowest BCUT2D eigenvalue weighted by Gasteiger charge is -1.99. The van der Waals surface area contributed by atoms with E-state index in [1.54, 1.807) is 18.3 Å². The minimum Gasteiger partial charge on any atom is -0.360 e. The third-order valence-corrected chi connectivity index (χ3v) is 2.31. The molecule has 0 spiro atoms. The van der Waals surface area contributed by atoms with E-state index >= 15 is 0 Å². The Labute approximate surface area is 108 Å². The first-order valence-electron chi connectivity index (χ1n) is 5.38. The summed E-state index contributed by atoms with van der Waals surface area (Å²) in [6.45, 7) is 0. The Morgan fingerprint density at radius 2 is 2.21 bits per heavy atom. The topological polar surface area (TPSA) is 100 Å². The van der Waals surface area contributed by atoms with Crippen molar-refractivity contribution >= 4 is 17.8 Å². The number of nitro benzene ring substituents is 1. The molecule has 0 saturated heterocycles. The summed E-state index contributed by atoms with van der Waals surface area (Å²) in [6.07, 6.45) is 3.17. The molecule has 1 amide bonds. The molecule has 2 rings (SSSR count). The number of hydrazone groups is 1. The van der Waals surface area contributed by atoms with Gasteiger partial charge in [0.2, 0.25) is 0 Å². The van der Waals surface area contributed by atoms with Crippen molar-refractivity contribution in [1.82, 2.24) is 10.4 Å². The lowest BCUT2D eigenvalue weighted by atomic mass is 10.2. The van der Waals surface area contributed by atoms with Gasteiger partial charge in [-0.05, 0) is 18.2 Å². The first-order chi connectivity index (χ1) is 9.16. The van der Waals surface area contributed by atoms with Gasteiger partial charge in [0, 0.05) is 23.9 Å². The Balaban J connectivity index is 2.04. The van der Waals surface area contributed by atoms with Crippen LogP contribution in [0.1, 0.15) is 16.1 Å². The number of H-pyrrole nitrogens is 1. The fraction of sp³-hybridized carbons (Fsp3) is 0.